The summed E-state index contributed by atoms with van der Waals surface area (Å²) in [6.07, 6.45) is 2.13. The molecule has 124 valence electrons. The van der Waals surface area contributed by atoms with Gasteiger partial charge in [0.05, 0.1) is 6.61 Å². The molecular weight excluding hydrogens is 300 g/mol. The van der Waals surface area contributed by atoms with Gasteiger partial charge in [-0.2, -0.15) is 0 Å². The largest absolute Gasteiger partial charge is 0.465 e. The van der Waals surface area contributed by atoms with Crippen LogP contribution in [0, 0.1) is 6.92 Å². The fourth-order valence-electron chi connectivity index (χ4n) is 2.97. The Kier molecular flexibility index (Phi) is 4.56. The van der Waals surface area contributed by atoms with E-state index in [0.29, 0.717) is 6.61 Å². The predicted octanol–water partition coefficient (Wildman–Crippen LogP) is 4.13. The molecule has 2 aromatic carbocycles. The van der Waals surface area contributed by atoms with E-state index in [-0.39, 0.29) is 12.5 Å². The zero-order valence-corrected chi connectivity index (χ0v) is 14.3. The normalized spacial score (nSPS) is 10.8. The van der Waals surface area contributed by atoms with Crippen molar-refractivity contribution in [2.45, 2.75) is 13.8 Å². The molecule has 1 N–H and O–H groups in total. The van der Waals surface area contributed by atoms with E-state index >= 15 is 0 Å². The average Bonchev–Trinajstić information content (AvgIpc) is 2.91. The third-order valence-corrected chi connectivity index (χ3v) is 4.09. The molecule has 0 fully saturated rings. The van der Waals surface area contributed by atoms with E-state index in [9.17, 15) is 4.79 Å². The van der Waals surface area contributed by atoms with Crippen molar-refractivity contribution >= 4 is 22.6 Å². The molecule has 0 aliphatic rings. The summed E-state index contributed by atoms with van der Waals surface area (Å²) in [7, 11) is 2.05. The second-order valence-electron chi connectivity index (χ2n) is 5.88. The van der Waals surface area contributed by atoms with Crippen molar-refractivity contribution < 1.29 is 9.53 Å². The highest BCUT2D eigenvalue weighted by molar-refractivity contribution is 5.99. The molecular formula is C20H22N2O2. The maximum Gasteiger partial charge on any atom is 0.325 e. The first kappa shape index (κ1) is 16.1. The van der Waals surface area contributed by atoms with Gasteiger partial charge < -0.3 is 14.6 Å². The van der Waals surface area contributed by atoms with Crippen molar-refractivity contribution in [3.8, 4) is 11.1 Å². The lowest BCUT2D eigenvalue weighted by molar-refractivity contribution is -0.140. The number of hydrogen-bond acceptors (Lipinski definition) is 3. The molecule has 1 heterocycles. The molecule has 4 nitrogen and oxygen atoms in total. The molecule has 0 aliphatic carbocycles. The van der Waals surface area contributed by atoms with Crippen molar-refractivity contribution in [1.29, 1.82) is 0 Å². The SMILES string of the molecule is CCOC(=O)CNc1ccc(C)cc1-c1cn(C)c2ccccc12. The first-order valence-corrected chi connectivity index (χ1v) is 8.14. The molecule has 0 bridgehead atoms. The van der Waals surface area contributed by atoms with Gasteiger partial charge in [0.25, 0.3) is 0 Å². The van der Waals surface area contributed by atoms with Crippen molar-refractivity contribution in [3.63, 3.8) is 0 Å². The maximum atomic E-state index is 11.7. The lowest BCUT2D eigenvalue weighted by Gasteiger charge is -2.12. The quantitative estimate of drug-likeness (QED) is 0.718. The third-order valence-electron chi connectivity index (χ3n) is 4.09. The Hall–Kier alpha value is -2.75. The number of para-hydroxylation sites is 1. The minimum absolute atomic E-state index is 0.161. The Morgan fingerprint density at radius 1 is 1.17 bits per heavy atom. The Morgan fingerprint density at radius 2 is 1.96 bits per heavy atom. The molecule has 3 aromatic rings. The highest BCUT2D eigenvalue weighted by atomic mass is 16.5. The van der Waals surface area contributed by atoms with Crippen LogP contribution in [0.4, 0.5) is 5.69 Å². The molecule has 24 heavy (non-hydrogen) atoms. The van der Waals surface area contributed by atoms with Crippen molar-refractivity contribution in [2.75, 3.05) is 18.5 Å². The molecule has 0 spiro atoms. The van der Waals surface area contributed by atoms with Gasteiger partial charge in [0, 0.05) is 41.0 Å². The van der Waals surface area contributed by atoms with Gasteiger partial charge in [-0.05, 0) is 32.0 Å². The van der Waals surface area contributed by atoms with Crippen LogP contribution in [0.15, 0.2) is 48.7 Å². The monoisotopic (exact) mass is 322 g/mol. The second-order valence-corrected chi connectivity index (χ2v) is 5.88. The van der Waals surface area contributed by atoms with Crippen LogP contribution >= 0.6 is 0 Å². The number of benzene rings is 2. The molecule has 0 saturated heterocycles. The van der Waals surface area contributed by atoms with E-state index in [0.717, 1.165) is 16.8 Å². The summed E-state index contributed by atoms with van der Waals surface area (Å²) in [4.78, 5) is 11.7. The van der Waals surface area contributed by atoms with Crippen LogP contribution in [-0.4, -0.2) is 23.7 Å². The first-order chi connectivity index (χ1) is 11.6. The van der Waals surface area contributed by atoms with Gasteiger partial charge in [-0.15, -0.1) is 0 Å². The summed E-state index contributed by atoms with van der Waals surface area (Å²) >= 11 is 0. The van der Waals surface area contributed by atoms with Crippen LogP contribution < -0.4 is 5.32 Å². The number of rotatable bonds is 5. The zero-order chi connectivity index (χ0) is 17.1. The minimum atomic E-state index is -0.248. The number of nitrogens with zero attached hydrogens (tertiary/aromatic N) is 1. The Morgan fingerprint density at radius 3 is 2.75 bits per heavy atom. The third kappa shape index (κ3) is 3.13. The van der Waals surface area contributed by atoms with Crippen LogP contribution in [0.25, 0.3) is 22.0 Å². The summed E-state index contributed by atoms with van der Waals surface area (Å²) in [6.45, 7) is 4.44. The standard InChI is InChI=1S/C20H22N2O2/c1-4-24-20(23)12-21-18-10-9-14(2)11-16(18)17-13-22(3)19-8-6-5-7-15(17)19/h5-11,13,21H,4,12H2,1-3H3. The Balaban J connectivity index is 2.03. The lowest BCUT2D eigenvalue weighted by Crippen LogP contribution is -2.17. The van der Waals surface area contributed by atoms with Crippen LogP contribution in [0.5, 0.6) is 0 Å². The summed E-state index contributed by atoms with van der Waals surface area (Å²) in [5, 5.41) is 4.41. The number of hydrogen-bond donors (Lipinski definition) is 1. The number of ether oxygens (including phenoxy) is 1. The highest BCUT2D eigenvalue weighted by Gasteiger charge is 2.13. The summed E-state index contributed by atoms with van der Waals surface area (Å²) in [5.74, 6) is -0.248. The smallest absolute Gasteiger partial charge is 0.325 e. The van der Waals surface area contributed by atoms with E-state index in [1.165, 1.54) is 16.5 Å². The van der Waals surface area contributed by atoms with Gasteiger partial charge in [-0.25, -0.2) is 0 Å². The van der Waals surface area contributed by atoms with E-state index < -0.39 is 0 Å². The average molecular weight is 322 g/mol. The van der Waals surface area contributed by atoms with Crippen LogP contribution in [0.3, 0.4) is 0 Å². The number of fused-ring (bicyclic) bond motifs is 1. The molecule has 4 heteroatoms. The van der Waals surface area contributed by atoms with E-state index in [2.05, 4.69) is 41.2 Å². The van der Waals surface area contributed by atoms with Gasteiger partial charge in [0.2, 0.25) is 0 Å². The first-order valence-electron chi connectivity index (χ1n) is 8.14. The number of esters is 1. The van der Waals surface area contributed by atoms with Crippen LogP contribution in [0.2, 0.25) is 0 Å². The summed E-state index contributed by atoms with van der Waals surface area (Å²) < 4.78 is 7.13. The second kappa shape index (κ2) is 6.79. The topological polar surface area (TPSA) is 43.3 Å². The van der Waals surface area contributed by atoms with Crippen molar-refractivity contribution in [2.24, 2.45) is 7.05 Å². The Labute approximate surface area is 142 Å². The fraction of sp³-hybridized carbons (Fsp3) is 0.250. The number of nitrogens with one attached hydrogen (secondary N) is 1. The van der Waals surface area contributed by atoms with E-state index in [1.807, 2.05) is 38.2 Å². The minimum Gasteiger partial charge on any atom is -0.465 e. The van der Waals surface area contributed by atoms with Gasteiger partial charge in [0.1, 0.15) is 6.54 Å². The molecule has 1 aromatic heterocycles. The molecule has 0 saturated carbocycles. The van der Waals surface area contributed by atoms with Gasteiger partial charge >= 0.3 is 5.97 Å². The van der Waals surface area contributed by atoms with E-state index in [1.54, 1.807) is 0 Å². The molecule has 0 amide bonds. The van der Waals surface area contributed by atoms with Crippen molar-refractivity contribution in [1.82, 2.24) is 4.57 Å². The number of anilines is 1. The van der Waals surface area contributed by atoms with Gasteiger partial charge in [0.15, 0.2) is 0 Å². The molecule has 3 rings (SSSR count). The summed E-state index contributed by atoms with van der Waals surface area (Å²) in [6, 6.07) is 14.5. The van der Waals surface area contributed by atoms with E-state index in [4.69, 9.17) is 4.74 Å². The summed E-state index contributed by atoms with van der Waals surface area (Å²) in [5.41, 5.74) is 5.55. The molecule has 0 unspecified atom stereocenters. The molecule has 0 atom stereocenters. The molecule has 0 aliphatic heterocycles. The van der Waals surface area contributed by atoms with Gasteiger partial charge in [-0.3, -0.25) is 4.79 Å². The van der Waals surface area contributed by atoms with Crippen LogP contribution in [-0.2, 0) is 16.6 Å². The number of carbonyl (C=O) groups excluding carboxylic acids is 1. The number of aromatic nitrogens is 1. The Bertz CT molecular complexity index is 880. The fourth-order valence-corrected chi connectivity index (χ4v) is 2.97. The zero-order valence-electron chi connectivity index (χ0n) is 14.3. The maximum absolute atomic E-state index is 11.7. The number of aryl methyl sites for hydroxylation is 2. The predicted molar refractivity (Wildman–Crippen MR) is 98.2 cm³/mol. The molecule has 0 radical (unpaired) electrons. The van der Waals surface area contributed by atoms with Crippen molar-refractivity contribution in [3.05, 3.63) is 54.2 Å². The lowest BCUT2D eigenvalue weighted by atomic mass is 10.0. The van der Waals surface area contributed by atoms with Gasteiger partial charge in [-0.1, -0.05) is 29.8 Å². The number of carbonyl (C=O) groups is 1. The highest BCUT2D eigenvalue weighted by Crippen LogP contribution is 2.35. The van der Waals surface area contributed by atoms with Crippen LogP contribution in [0.1, 0.15) is 12.5 Å².